The molecule has 3 rings (SSSR count). The number of carbonyl (C=O) groups excluding carboxylic acids is 1. The summed E-state index contributed by atoms with van der Waals surface area (Å²) < 4.78 is 1.82. The van der Waals surface area contributed by atoms with Gasteiger partial charge >= 0.3 is 5.69 Å². The number of rotatable bonds is 3. The number of hydrogen-bond donors (Lipinski definition) is 1. The van der Waals surface area contributed by atoms with Crippen molar-refractivity contribution in [2.75, 3.05) is 0 Å². The van der Waals surface area contributed by atoms with E-state index in [0.717, 1.165) is 14.7 Å². The van der Waals surface area contributed by atoms with Crippen LogP contribution in [-0.2, 0) is 18.9 Å². The molecule has 0 bridgehead atoms. The minimum Gasteiger partial charge on any atom is -0.875 e. The number of ketones is 1. The van der Waals surface area contributed by atoms with Gasteiger partial charge < -0.3 is 10.2 Å². The number of aromatic hydroxyl groups is 1. The normalized spacial score (nSPS) is 17.5. The number of hydrogen-bond acceptors (Lipinski definition) is 5. The molecule has 0 spiro atoms. The molecule has 0 amide bonds. The Hall–Kier alpha value is -3.09. The van der Waals surface area contributed by atoms with Crippen molar-refractivity contribution < 1.29 is 15.0 Å². The molecule has 1 aliphatic carbocycles. The van der Waals surface area contributed by atoms with Crippen LogP contribution in [0.4, 0.5) is 0 Å². The molecule has 0 saturated heterocycles. The third-order valence-electron chi connectivity index (χ3n) is 5.53. The van der Waals surface area contributed by atoms with Gasteiger partial charge in [0.1, 0.15) is 0 Å². The second-order valence-electron chi connectivity index (χ2n) is 8.56. The first-order chi connectivity index (χ1) is 13.4. The maximum atomic E-state index is 13.0. The lowest BCUT2D eigenvalue weighted by molar-refractivity contribution is -0.312. The molecule has 1 atom stereocenters. The number of nitrogens with zero attached hydrogens (tertiary/aromatic N) is 2. The standard InChI is InChI=1S/C22H26N2O5/c1-12-6-8-13(9-7-12)16(17-14(25)10-22(2,3)11-15(17)26)18-19(27)23(4)21(29)24(5)20(18)28/h6-9,16,25,27H,10-11H2,1-5H3/p-1. The van der Waals surface area contributed by atoms with Gasteiger partial charge in [0.2, 0.25) is 5.88 Å². The lowest BCUT2D eigenvalue weighted by Gasteiger charge is -2.38. The van der Waals surface area contributed by atoms with Crippen LogP contribution < -0.4 is 16.4 Å². The average molecular weight is 397 g/mol. The third kappa shape index (κ3) is 3.52. The minimum absolute atomic E-state index is 0.0146. The van der Waals surface area contributed by atoms with E-state index in [2.05, 4.69) is 0 Å². The van der Waals surface area contributed by atoms with Crippen molar-refractivity contribution in [2.45, 2.75) is 39.5 Å². The summed E-state index contributed by atoms with van der Waals surface area (Å²) in [6, 6.07) is 7.09. The Balaban J connectivity index is 2.39. The van der Waals surface area contributed by atoms with Crippen LogP contribution in [0.15, 0.2) is 45.2 Å². The second-order valence-corrected chi connectivity index (χ2v) is 8.56. The molecule has 7 nitrogen and oxygen atoms in total. The Labute approximate surface area is 168 Å². The van der Waals surface area contributed by atoms with Gasteiger partial charge in [0, 0.05) is 26.4 Å². The smallest absolute Gasteiger partial charge is 0.333 e. The summed E-state index contributed by atoms with van der Waals surface area (Å²) in [6.45, 7) is 5.60. The largest absolute Gasteiger partial charge is 0.875 e. The Kier molecular flexibility index (Phi) is 5.03. The number of allylic oxidation sites excluding steroid dienone is 2. The predicted octanol–water partition coefficient (Wildman–Crippen LogP) is 1.23. The summed E-state index contributed by atoms with van der Waals surface area (Å²) in [5.74, 6) is -2.27. The summed E-state index contributed by atoms with van der Waals surface area (Å²) in [5, 5.41) is 23.7. The molecule has 1 aliphatic rings. The van der Waals surface area contributed by atoms with Gasteiger partial charge in [-0.25, -0.2) is 4.79 Å². The Bertz CT molecular complexity index is 1130. The van der Waals surface area contributed by atoms with Crippen molar-refractivity contribution in [2.24, 2.45) is 19.5 Å². The van der Waals surface area contributed by atoms with E-state index in [0.29, 0.717) is 5.56 Å². The highest BCUT2D eigenvalue weighted by atomic mass is 16.3. The van der Waals surface area contributed by atoms with E-state index in [4.69, 9.17) is 0 Å². The fourth-order valence-corrected chi connectivity index (χ4v) is 3.95. The van der Waals surface area contributed by atoms with E-state index in [1.165, 1.54) is 14.1 Å². The van der Waals surface area contributed by atoms with Crippen molar-refractivity contribution >= 4 is 5.78 Å². The monoisotopic (exact) mass is 397 g/mol. The van der Waals surface area contributed by atoms with Crippen LogP contribution in [0, 0.1) is 12.3 Å². The molecule has 0 saturated carbocycles. The van der Waals surface area contributed by atoms with Crippen LogP contribution in [0.3, 0.4) is 0 Å². The van der Waals surface area contributed by atoms with Crippen molar-refractivity contribution in [3.05, 3.63) is 73.1 Å². The third-order valence-corrected chi connectivity index (χ3v) is 5.53. The molecule has 0 fully saturated rings. The van der Waals surface area contributed by atoms with Crippen LogP contribution in [0.2, 0.25) is 0 Å². The summed E-state index contributed by atoms with van der Waals surface area (Å²) in [7, 11) is 2.64. The molecular weight excluding hydrogens is 372 g/mol. The van der Waals surface area contributed by atoms with Crippen LogP contribution in [0.5, 0.6) is 5.88 Å². The number of carbonyl (C=O) groups is 1. The van der Waals surface area contributed by atoms with E-state index < -0.39 is 28.5 Å². The van der Waals surface area contributed by atoms with Gasteiger partial charge in [0.25, 0.3) is 5.56 Å². The van der Waals surface area contributed by atoms with E-state index in [1.54, 1.807) is 12.1 Å². The quantitative estimate of drug-likeness (QED) is 0.839. The second kappa shape index (κ2) is 7.06. The molecule has 154 valence electrons. The maximum Gasteiger partial charge on any atom is 0.333 e. The molecule has 2 aromatic rings. The topological polar surface area (TPSA) is 104 Å². The van der Waals surface area contributed by atoms with Gasteiger partial charge in [-0.1, -0.05) is 43.7 Å². The number of Topliss-reactive ketones (excluding diaryl/α,β-unsaturated/α-hetero) is 1. The lowest BCUT2D eigenvalue weighted by atomic mass is 9.71. The zero-order chi connectivity index (χ0) is 21.7. The fraction of sp³-hybridized carbons (Fsp3) is 0.409. The number of aromatic nitrogens is 2. The SMILES string of the molecule is Cc1ccc(C(C2=C([O-])CC(C)(C)CC2=O)c2c(O)n(C)c(=O)n(C)c2=O)cc1. The van der Waals surface area contributed by atoms with Crippen LogP contribution >= 0.6 is 0 Å². The van der Waals surface area contributed by atoms with Crippen LogP contribution in [-0.4, -0.2) is 20.0 Å². The molecule has 0 aliphatic heterocycles. The van der Waals surface area contributed by atoms with Crippen molar-refractivity contribution in [1.29, 1.82) is 0 Å². The highest BCUT2D eigenvalue weighted by Crippen LogP contribution is 2.43. The summed E-state index contributed by atoms with van der Waals surface area (Å²) in [5.41, 5.74) is -0.531. The number of benzene rings is 1. The molecular formula is C22H25N2O5-. The molecule has 1 heterocycles. The Morgan fingerprint density at radius 2 is 1.62 bits per heavy atom. The zero-order valence-electron chi connectivity index (χ0n) is 17.3. The molecule has 1 N–H and O–H groups in total. The lowest BCUT2D eigenvalue weighted by Crippen LogP contribution is -2.41. The van der Waals surface area contributed by atoms with E-state index in [-0.39, 0.29) is 35.5 Å². The molecule has 7 heteroatoms. The maximum absolute atomic E-state index is 13.0. The fourth-order valence-electron chi connectivity index (χ4n) is 3.95. The van der Waals surface area contributed by atoms with Gasteiger partial charge in [0.05, 0.1) is 5.56 Å². The highest BCUT2D eigenvalue weighted by molar-refractivity contribution is 5.99. The van der Waals surface area contributed by atoms with Gasteiger partial charge in [-0.15, -0.1) is 5.76 Å². The Morgan fingerprint density at radius 3 is 2.17 bits per heavy atom. The van der Waals surface area contributed by atoms with E-state index in [9.17, 15) is 24.6 Å². The summed E-state index contributed by atoms with van der Waals surface area (Å²) in [6.07, 6.45) is 0.340. The Morgan fingerprint density at radius 1 is 1.03 bits per heavy atom. The zero-order valence-corrected chi connectivity index (χ0v) is 17.3. The predicted molar refractivity (Wildman–Crippen MR) is 107 cm³/mol. The first-order valence-electron chi connectivity index (χ1n) is 9.43. The molecule has 1 aromatic heterocycles. The number of aryl methyl sites for hydroxylation is 1. The van der Waals surface area contributed by atoms with E-state index >= 15 is 0 Å². The molecule has 1 unspecified atom stereocenters. The van der Waals surface area contributed by atoms with Crippen LogP contribution in [0.25, 0.3) is 0 Å². The highest BCUT2D eigenvalue weighted by Gasteiger charge is 2.37. The van der Waals surface area contributed by atoms with Gasteiger partial charge in [0.15, 0.2) is 5.78 Å². The van der Waals surface area contributed by atoms with E-state index in [1.807, 2.05) is 32.9 Å². The minimum atomic E-state index is -1.04. The van der Waals surface area contributed by atoms with Gasteiger partial charge in [-0.3, -0.25) is 18.7 Å². The van der Waals surface area contributed by atoms with Crippen LogP contribution in [0.1, 0.15) is 49.3 Å². The molecule has 29 heavy (non-hydrogen) atoms. The van der Waals surface area contributed by atoms with Crippen molar-refractivity contribution in [3.63, 3.8) is 0 Å². The van der Waals surface area contributed by atoms with Gasteiger partial charge in [-0.05, 0) is 29.9 Å². The molecule has 1 aromatic carbocycles. The van der Waals surface area contributed by atoms with Crippen molar-refractivity contribution in [1.82, 2.24) is 9.13 Å². The average Bonchev–Trinajstić information content (AvgIpc) is 2.63. The first kappa shape index (κ1) is 20.6. The van der Waals surface area contributed by atoms with Gasteiger partial charge in [-0.2, -0.15) is 0 Å². The first-order valence-corrected chi connectivity index (χ1v) is 9.43. The van der Waals surface area contributed by atoms with Crippen molar-refractivity contribution in [3.8, 4) is 5.88 Å². The summed E-state index contributed by atoms with van der Waals surface area (Å²) >= 11 is 0. The molecule has 0 radical (unpaired) electrons. The summed E-state index contributed by atoms with van der Waals surface area (Å²) in [4.78, 5) is 38.2.